The third-order valence-electron chi connectivity index (χ3n) is 3.47. The van der Waals surface area contributed by atoms with Crippen LogP contribution in [0.25, 0.3) is 0 Å². The highest BCUT2D eigenvalue weighted by Gasteiger charge is 2.36. The van der Waals surface area contributed by atoms with Crippen LogP contribution in [-0.2, 0) is 4.84 Å². The fraction of sp³-hybridized carbons (Fsp3) is 1.00. The van der Waals surface area contributed by atoms with Crippen molar-refractivity contribution in [1.82, 2.24) is 5.06 Å². The van der Waals surface area contributed by atoms with Gasteiger partial charge in [0.15, 0.2) is 6.29 Å². The highest BCUT2D eigenvalue weighted by atomic mass is 16.8. The van der Waals surface area contributed by atoms with Crippen LogP contribution in [0.1, 0.15) is 47.0 Å². The quantitative estimate of drug-likeness (QED) is 0.628. The molecule has 0 saturated carbocycles. The lowest BCUT2D eigenvalue weighted by Crippen LogP contribution is -2.42. The van der Waals surface area contributed by atoms with Gasteiger partial charge in [0.25, 0.3) is 0 Å². The first kappa shape index (κ1) is 15.9. The average molecular weight is 261 g/mol. The smallest absolute Gasteiger partial charge is 0.178 e. The molecule has 1 aliphatic heterocycles. The van der Waals surface area contributed by atoms with Gasteiger partial charge in [-0.2, -0.15) is 0 Å². The molecule has 0 aromatic rings. The normalized spacial score (nSPS) is 29.2. The minimum absolute atomic E-state index is 0.00926. The number of rotatable bonds is 6. The topological polar surface area (TPSA) is 73.2 Å². The van der Waals surface area contributed by atoms with Crippen LogP contribution >= 0.6 is 0 Å². The van der Waals surface area contributed by atoms with Crippen molar-refractivity contribution in [2.45, 2.75) is 65.7 Å². The minimum atomic E-state index is -0.991. The van der Waals surface area contributed by atoms with Crippen molar-refractivity contribution in [3.8, 4) is 0 Å². The Bertz CT molecular complexity index is 237. The number of nitrogens with zero attached hydrogens (tertiary/aromatic N) is 1. The maximum Gasteiger partial charge on any atom is 0.178 e. The Morgan fingerprint density at radius 3 is 2.00 bits per heavy atom. The molecule has 5 heteroatoms. The lowest BCUT2D eigenvalue weighted by Gasteiger charge is -2.32. The molecule has 0 aromatic carbocycles. The maximum atomic E-state index is 10.1. The summed E-state index contributed by atoms with van der Waals surface area (Å²) in [6.45, 7) is 8.27. The molecule has 1 rings (SSSR count). The summed E-state index contributed by atoms with van der Waals surface area (Å²) in [5.41, 5.74) is 0. The molecular formula is C13H27NO4. The first-order valence-electron chi connectivity index (χ1n) is 6.82. The molecule has 1 aliphatic rings. The molecule has 0 radical (unpaired) electrons. The van der Waals surface area contributed by atoms with Crippen molar-refractivity contribution in [2.24, 2.45) is 17.8 Å². The van der Waals surface area contributed by atoms with Crippen LogP contribution in [-0.4, -0.2) is 39.1 Å². The lowest BCUT2D eigenvalue weighted by molar-refractivity contribution is -0.351. The van der Waals surface area contributed by atoms with Crippen LogP contribution in [0.3, 0.4) is 0 Å². The van der Waals surface area contributed by atoms with Crippen molar-refractivity contribution < 1.29 is 20.2 Å². The van der Waals surface area contributed by atoms with Crippen molar-refractivity contribution in [1.29, 1.82) is 0 Å². The summed E-state index contributed by atoms with van der Waals surface area (Å²) in [4.78, 5) is 5.35. The fourth-order valence-corrected chi connectivity index (χ4v) is 2.36. The van der Waals surface area contributed by atoms with Gasteiger partial charge in [-0.1, -0.05) is 27.7 Å². The van der Waals surface area contributed by atoms with Crippen LogP contribution in [0.5, 0.6) is 0 Å². The number of hydroxylamine groups is 2. The van der Waals surface area contributed by atoms with Crippen molar-refractivity contribution in [3.05, 3.63) is 0 Å². The average Bonchev–Trinajstić information content (AvgIpc) is 2.56. The van der Waals surface area contributed by atoms with E-state index < -0.39 is 18.7 Å². The van der Waals surface area contributed by atoms with Crippen LogP contribution < -0.4 is 0 Å². The molecule has 1 saturated heterocycles. The third-order valence-corrected chi connectivity index (χ3v) is 3.47. The standard InChI is InChI=1S/C13H27NO4/c1-8(2)7-10(9(3)4)13(17)18-14-11(15)5-6-12(14)16/h8-13,15-17H,5-7H2,1-4H3. The Labute approximate surface area is 109 Å². The number of hydrogen-bond acceptors (Lipinski definition) is 5. The van der Waals surface area contributed by atoms with Gasteiger partial charge in [0, 0.05) is 5.92 Å². The van der Waals surface area contributed by atoms with E-state index in [9.17, 15) is 15.3 Å². The zero-order valence-corrected chi connectivity index (χ0v) is 11.8. The van der Waals surface area contributed by atoms with Crippen molar-refractivity contribution in [3.63, 3.8) is 0 Å². The van der Waals surface area contributed by atoms with E-state index in [1.165, 1.54) is 0 Å². The highest BCUT2D eigenvalue weighted by molar-refractivity contribution is 4.71. The fourth-order valence-electron chi connectivity index (χ4n) is 2.36. The van der Waals surface area contributed by atoms with Gasteiger partial charge in [-0.05, 0) is 31.1 Å². The molecule has 1 heterocycles. The molecule has 18 heavy (non-hydrogen) atoms. The molecule has 3 N–H and O–H groups in total. The lowest BCUT2D eigenvalue weighted by atomic mass is 9.87. The van der Waals surface area contributed by atoms with Crippen LogP contribution in [0.4, 0.5) is 0 Å². The van der Waals surface area contributed by atoms with Gasteiger partial charge < -0.3 is 15.3 Å². The van der Waals surface area contributed by atoms with Gasteiger partial charge >= 0.3 is 0 Å². The molecule has 0 aromatic heterocycles. The number of aliphatic hydroxyl groups is 3. The predicted octanol–water partition coefficient (Wildman–Crippen LogP) is 1.29. The third kappa shape index (κ3) is 4.17. The first-order valence-corrected chi connectivity index (χ1v) is 6.82. The van der Waals surface area contributed by atoms with Gasteiger partial charge in [-0.15, -0.1) is 5.06 Å². The van der Waals surface area contributed by atoms with E-state index in [4.69, 9.17) is 4.84 Å². The summed E-state index contributed by atoms with van der Waals surface area (Å²) in [6.07, 6.45) is -0.883. The van der Waals surface area contributed by atoms with Gasteiger partial charge in [0.05, 0.1) is 0 Å². The molecule has 4 atom stereocenters. The monoisotopic (exact) mass is 261 g/mol. The molecule has 5 nitrogen and oxygen atoms in total. The number of aliphatic hydroxyl groups excluding tert-OH is 3. The largest absolute Gasteiger partial charge is 0.376 e. The predicted molar refractivity (Wildman–Crippen MR) is 68.0 cm³/mol. The van der Waals surface area contributed by atoms with Crippen LogP contribution in [0.15, 0.2) is 0 Å². The summed E-state index contributed by atoms with van der Waals surface area (Å²) in [6, 6.07) is 0. The molecule has 108 valence electrons. The van der Waals surface area contributed by atoms with Gasteiger partial charge in [-0.3, -0.25) is 4.84 Å². The van der Waals surface area contributed by atoms with E-state index in [1.54, 1.807) is 0 Å². The second-order valence-corrected chi connectivity index (χ2v) is 5.93. The molecule has 4 unspecified atom stereocenters. The van der Waals surface area contributed by atoms with E-state index >= 15 is 0 Å². The van der Waals surface area contributed by atoms with E-state index in [0.717, 1.165) is 11.5 Å². The van der Waals surface area contributed by atoms with Crippen LogP contribution in [0, 0.1) is 17.8 Å². The van der Waals surface area contributed by atoms with E-state index in [0.29, 0.717) is 18.8 Å². The second-order valence-electron chi connectivity index (χ2n) is 5.93. The second kappa shape index (κ2) is 6.82. The SMILES string of the molecule is CC(C)CC(C(C)C)C(O)ON1C(O)CCC1O. The Kier molecular flexibility index (Phi) is 6.01. The molecular weight excluding hydrogens is 234 g/mol. The summed E-state index contributed by atoms with van der Waals surface area (Å²) < 4.78 is 0. The molecule has 1 fully saturated rings. The van der Waals surface area contributed by atoms with Gasteiger partial charge in [0.2, 0.25) is 0 Å². The van der Waals surface area contributed by atoms with Crippen molar-refractivity contribution in [2.75, 3.05) is 0 Å². The summed E-state index contributed by atoms with van der Waals surface area (Å²) in [5, 5.41) is 30.5. The van der Waals surface area contributed by atoms with E-state index in [1.807, 2.05) is 13.8 Å². The Hall–Kier alpha value is -0.200. The Morgan fingerprint density at radius 2 is 1.61 bits per heavy atom. The zero-order chi connectivity index (χ0) is 13.9. The van der Waals surface area contributed by atoms with Gasteiger partial charge in [-0.25, -0.2) is 0 Å². The maximum absolute atomic E-state index is 10.1. The minimum Gasteiger partial charge on any atom is -0.376 e. The summed E-state index contributed by atoms with van der Waals surface area (Å²) >= 11 is 0. The summed E-state index contributed by atoms with van der Waals surface area (Å²) in [5.74, 6) is 0.730. The van der Waals surface area contributed by atoms with Crippen molar-refractivity contribution >= 4 is 0 Å². The first-order chi connectivity index (χ1) is 8.32. The molecule has 0 spiro atoms. The molecule has 0 bridgehead atoms. The summed E-state index contributed by atoms with van der Waals surface area (Å²) in [7, 11) is 0. The highest BCUT2D eigenvalue weighted by Crippen LogP contribution is 2.28. The van der Waals surface area contributed by atoms with E-state index in [-0.39, 0.29) is 11.8 Å². The Morgan fingerprint density at radius 1 is 1.11 bits per heavy atom. The van der Waals surface area contributed by atoms with E-state index in [2.05, 4.69) is 13.8 Å². The Balaban J connectivity index is 2.57. The number of hydrogen-bond donors (Lipinski definition) is 3. The van der Waals surface area contributed by atoms with Gasteiger partial charge in [0.1, 0.15) is 12.5 Å². The zero-order valence-electron chi connectivity index (χ0n) is 11.8. The van der Waals surface area contributed by atoms with Crippen LogP contribution in [0.2, 0.25) is 0 Å². The molecule has 0 aliphatic carbocycles. The molecule has 0 amide bonds.